The highest BCUT2D eigenvalue weighted by molar-refractivity contribution is 5.65. The first-order chi connectivity index (χ1) is 4.16. The van der Waals surface area contributed by atoms with Crippen molar-refractivity contribution in [3.05, 3.63) is 0 Å². The van der Waals surface area contributed by atoms with Gasteiger partial charge >= 0.3 is 6.09 Å². The summed E-state index contributed by atoms with van der Waals surface area (Å²) in [4.78, 5) is 19.7. The van der Waals surface area contributed by atoms with Crippen LogP contribution >= 0.6 is 0 Å². The van der Waals surface area contributed by atoms with Gasteiger partial charge in [0, 0.05) is 12.5 Å². The molecule has 0 aromatic carbocycles. The van der Waals surface area contributed by atoms with Crippen molar-refractivity contribution >= 4 is 12.4 Å². The number of nitrogens with one attached hydrogen (secondary N) is 1. The Morgan fingerprint density at radius 2 is 2.44 bits per heavy atom. The van der Waals surface area contributed by atoms with Crippen LogP contribution in [0.5, 0.6) is 0 Å². The Balaban J connectivity index is 3.26. The molecule has 0 aliphatic carbocycles. The van der Waals surface area contributed by atoms with E-state index in [0.717, 1.165) is 0 Å². The highest BCUT2D eigenvalue weighted by Gasteiger charge is 1.99. The average Bonchev–Trinajstić information content (AvgIpc) is 1.83. The lowest BCUT2D eigenvalue weighted by atomic mass is 10.2. The topological polar surface area (TPSA) is 66.4 Å². The van der Waals surface area contributed by atoms with Crippen LogP contribution < -0.4 is 5.32 Å². The molecule has 0 aliphatic heterocycles. The smallest absolute Gasteiger partial charge is 0.404 e. The molecule has 9 heavy (non-hydrogen) atoms. The largest absolute Gasteiger partial charge is 0.465 e. The monoisotopic (exact) mass is 131 g/mol. The Morgan fingerprint density at radius 1 is 1.89 bits per heavy atom. The van der Waals surface area contributed by atoms with Crippen molar-refractivity contribution in [3.63, 3.8) is 0 Å². The molecule has 0 saturated heterocycles. The number of rotatable bonds is 3. The minimum atomic E-state index is -1.09. The van der Waals surface area contributed by atoms with E-state index < -0.39 is 6.09 Å². The number of aldehydes is 1. The summed E-state index contributed by atoms with van der Waals surface area (Å²) in [5, 5.41) is 10.1. The zero-order valence-electron chi connectivity index (χ0n) is 5.13. The molecule has 0 saturated carbocycles. The zero-order valence-corrected chi connectivity index (χ0v) is 5.13. The van der Waals surface area contributed by atoms with Gasteiger partial charge in [0.1, 0.15) is 6.29 Å². The molecule has 0 spiro atoms. The fourth-order valence-corrected chi connectivity index (χ4v) is 0.296. The number of hydrogen-bond acceptors (Lipinski definition) is 2. The van der Waals surface area contributed by atoms with Crippen molar-refractivity contribution in [2.24, 2.45) is 5.92 Å². The minimum absolute atomic E-state index is 0.193. The maximum atomic E-state index is 9.88. The SMILES string of the molecule is C[C@@H](C=O)CNC(=O)O. The maximum Gasteiger partial charge on any atom is 0.404 e. The van der Waals surface area contributed by atoms with Gasteiger partial charge < -0.3 is 15.2 Å². The van der Waals surface area contributed by atoms with Crippen LogP contribution in [0.1, 0.15) is 6.92 Å². The van der Waals surface area contributed by atoms with E-state index in [0.29, 0.717) is 6.29 Å². The summed E-state index contributed by atoms with van der Waals surface area (Å²) in [5.41, 5.74) is 0. The van der Waals surface area contributed by atoms with E-state index in [4.69, 9.17) is 5.11 Å². The Morgan fingerprint density at radius 3 is 2.78 bits per heavy atom. The molecule has 0 rings (SSSR count). The molecular weight excluding hydrogens is 122 g/mol. The average molecular weight is 131 g/mol. The lowest BCUT2D eigenvalue weighted by Gasteiger charge is -2.00. The Bertz CT molecular complexity index is 113. The van der Waals surface area contributed by atoms with Gasteiger partial charge in [-0.2, -0.15) is 0 Å². The number of hydrogen-bond donors (Lipinski definition) is 2. The van der Waals surface area contributed by atoms with Gasteiger partial charge in [0.25, 0.3) is 0 Å². The molecule has 4 nitrogen and oxygen atoms in total. The van der Waals surface area contributed by atoms with Crippen molar-refractivity contribution in [1.29, 1.82) is 0 Å². The van der Waals surface area contributed by atoms with Crippen LogP contribution in [0.3, 0.4) is 0 Å². The van der Waals surface area contributed by atoms with Gasteiger partial charge in [-0.1, -0.05) is 6.92 Å². The first-order valence-corrected chi connectivity index (χ1v) is 2.59. The quantitative estimate of drug-likeness (QED) is 0.533. The molecule has 0 heterocycles. The van der Waals surface area contributed by atoms with Crippen LogP contribution in [0, 0.1) is 5.92 Å². The van der Waals surface area contributed by atoms with Gasteiger partial charge in [0.15, 0.2) is 0 Å². The zero-order chi connectivity index (χ0) is 7.28. The fourth-order valence-electron chi connectivity index (χ4n) is 0.296. The minimum Gasteiger partial charge on any atom is -0.465 e. The molecular formula is C5H9NO3. The molecule has 0 fully saturated rings. The van der Waals surface area contributed by atoms with Crippen LogP contribution in [0.2, 0.25) is 0 Å². The first kappa shape index (κ1) is 7.94. The van der Waals surface area contributed by atoms with E-state index in [-0.39, 0.29) is 12.5 Å². The normalized spacial score (nSPS) is 12.1. The van der Waals surface area contributed by atoms with Crippen molar-refractivity contribution < 1.29 is 14.7 Å². The van der Waals surface area contributed by atoms with E-state index in [1.165, 1.54) is 0 Å². The van der Waals surface area contributed by atoms with Crippen LogP contribution in [0.25, 0.3) is 0 Å². The molecule has 2 N–H and O–H groups in total. The third kappa shape index (κ3) is 4.80. The van der Waals surface area contributed by atoms with Gasteiger partial charge in [-0.15, -0.1) is 0 Å². The molecule has 0 bridgehead atoms. The van der Waals surface area contributed by atoms with Gasteiger partial charge in [0.2, 0.25) is 0 Å². The van der Waals surface area contributed by atoms with E-state index >= 15 is 0 Å². The Labute approximate surface area is 52.9 Å². The molecule has 0 aromatic heterocycles. The third-order valence-corrected chi connectivity index (χ3v) is 0.808. The summed E-state index contributed by atoms with van der Waals surface area (Å²) < 4.78 is 0. The number of carbonyl (C=O) groups is 2. The van der Waals surface area contributed by atoms with E-state index in [2.05, 4.69) is 5.32 Å². The van der Waals surface area contributed by atoms with Crippen LogP contribution in [-0.2, 0) is 4.79 Å². The van der Waals surface area contributed by atoms with Gasteiger partial charge in [0.05, 0.1) is 0 Å². The molecule has 1 amide bonds. The highest BCUT2D eigenvalue weighted by atomic mass is 16.4. The summed E-state index contributed by atoms with van der Waals surface area (Å²) in [6.45, 7) is 1.84. The van der Waals surface area contributed by atoms with E-state index in [9.17, 15) is 9.59 Å². The summed E-state index contributed by atoms with van der Waals surface area (Å²) >= 11 is 0. The molecule has 52 valence electrons. The standard InChI is InChI=1S/C5H9NO3/c1-4(3-7)2-6-5(8)9/h3-4,6H,2H2,1H3,(H,8,9)/t4-/m1/s1. The second kappa shape index (κ2) is 3.88. The third-order valence-electron chi connectivity index (χ3n) is 0.808. The predicted octanol–water partition coefficient (Wildman–Crippen LogP) is 0.0890. The Hall–Kier alpha value is -1.06. The van der Waals surface area contributed by atoms with E-state index in [1.807, 2.05) is 0 Å². The lowest BCUT2D eigenvalue weighted by Crippen LogP contribution is -2.26. The lowest BCUT2D eigenvalue weighted by molar-refractivity contribution is -0.110. The molecule has 0 aromatic rings. The summed E-state index contributed by atoms with van der Waals surface area (Å²) in [6.07, 6.45) is -0.389. The van der Waals surface area contributed by atoms with Crippen LogP contribution in [-0.4, -0.2) is 24.0 Å². The number of carbonyl (C=O) groups excluding carboxylic acids is 1. The van der Waals surface area contributed by atoms with Crippen molar-refractivity contribution in [3.8, 4) is 0 Å². The van der Waals surface area contributed by atoms with Gasteiger partial charge in [-0.05, 0) is 0 Å². The van der Waals surface area contributed by atoms with E-state index in [1.54, 1.807) is 6.92 Å². The van der Waals surface area contributed by atoms with Crippen molar-refractivity contribution in [1.82, 2.24) is 5.32 Å². The molecule has 0 radical (unpaired) electrons. The molecule has 0 aliphatic rings. The summed E-state index contributed by atoms with van der Waals surface area (Å²) in [5.74, 6) is -0.235. The fraction of sp³-hybridized carbons (Fsp3) is 0.600. The van der Waals surface area contributed by atoms with Gasteiger partial charge in [-0.3, -0.25) is 0 Å². The molecule has 0 unspecified atom stereocenters. The van der Waals surface area contributed by atoms with Crippen molar-refractivity contribution in [2.45, 2.75) is 6.92 Å². The Kier molecular flexibility index (Phi) is 3.43. The predicted molar refractivity (Wildman–Crippen MR) is 31.3 cm³/mol. The summed E-state index contributed by atoms with van der Waals surface area (Å²) in [6, 6.07) is 0. The molecule has 1 atom stereocenters. The maximum absolute atomic E-state index is 9.88. The highest BCUT2D eigenvalue weighted by Crippen LogP contribution is 1.83. The number of carboxylic acid groups (broad SMARTS) is 1. The first-order valence-electron chi connectivity index (χ1n) is 2.59. The van der Waals surface area contributed by atoms with Gasteiger partial charge in [-0.25, -0.2) is 4.79 Å². The number of amides is 1. The van der Waals surface area contributed by atoms with Crippen LogP contribution in [0.15, 0.2) is 0 Å². The second-order valence-corrected chi connectivity index (χ2v) is 1.80. The molecule has 4 heteroatoms. The van der Waals surface area contributed by atoms with Crippen molar-refractivity contribution in [2.75, 3.05) is 6.54 Å². The summed E-state index contributed by atoms with van der Waals surface area (Å²) in [7, 11) is 0. The van der Waals surface area contributed by atoms with Crippen LogP contribution in [0.4, 0.5) is 4.79 Å². The second-order valence-electron chi connectivity index (χ2n) is 1.80.